The lowest BCUT2D eigenvalue weighted by atomic mass is 9.98. The monoisotopic (exact) mass is 567 g/mol. The number of nitrogens with one attached hydrogen (secondary N) is 1. The van der Waals surface area contributed by atoms with E-state index in [9.17, 15) is 14.0 Å². The van der Waals surface area contributed by atoms with Crippen LogP contribution in [0.1, 0.15) is 52.3 Å². The number of rotatable bonds is 12. The van der Waals surface area contributed by atoms with E-state index in [1.54, 1.807) is 24.3 Å². The summed E-state index contributed by atoms with van der Waals surface area (Å²) in [5.74, 6) is 0.212. The van der Waals surface area contributed by atoms with E-state index in [4.69, 9.17) is 14.9 Å². The van der Waals surface area contributed by atoms with Crippen molar-refractivity contribution in [2.24, 2.45) is 11.7 Å². The zero-order valence-corrected chi connectivity index (χ0v) is 23.7. The molecule has 2 aromatic heterocycles. The Morgan fingerprint density at radius 1 is 1.02 bits per heavy atom. The Labute approximate surface area is 244 Å². The average Bonchev–Trinajstić information content (AvgIpc) is 3.62. The van der Waals surface area contributed by atoms with E-state index < -0.39 is 5.91 Å². The second-order valence-electron chi connectivity index (χ2n) is 10.7. The predicted molar refractivity (Wildman–Crippen MR) is 161 cm³/mol. The number of benzene rings is 3. The minimum atomic E-state index is -0.619. The molecule has 2 amide bonds. The van der Waals surface area contributed by atoms with Crippen molar-refractivity contribution < 1.29 is 23.1 Å². The van der Waals surface area contributed by atoms with Crippen LogP contribution in [0.25, 0.3) is 22.1 Å². The molecule has 0 unspecified atom stereocenters. The molecule has 0 aliphatic carbocycles. The Morgan fingerprint density at radius 2 is 1.79 bits per heavy atom. The van der Waals surface area contributed by atoms with Crippen LogP contribution < -0.4 is 15.8 Å². The first kappa shape index (κ1) is 28.7. The van der Waals surface area contributed by atoms with Gasteiger partial charge in [0.1, 0.15) is 22.9 Å². The SMILES string of the molecule is CC(C)CNC(=O)c1ccc(OCCCn2cccc2)c(-c2ccc3oc(Cc4ccc(F)cc4)c(C(N)=O)c3c2)c1. The number of primary amides is 1. The molecule has 5 rings (SSSR count). The standard InChI is InChI=1S/C34H34FN3O4/c1-22(2)21-37-34(40)25-9-12-29(41-17-5-16-38-14-3-4-15-38)27(20-25)24-8-13-30-28(19-24)32(33(36)39)31(42-30)18-23-6-10-26(35)11-7-23/h3-4,6-15,19-20,22H,5,16-18,21H2,1-2H3,(H2,36,39)(H,37,40). The van der Waals surface area contributed by atoms with Gasteiger partial charge in [0.15, 0.2) is 0 Å². The van der Waals surface area contributed by atoms with Gasteiger partial charge in [0.05, 0.1) is 12.2 Å². The number of ether oxygens (including phenoxy) is 1. The topological polar surface area (TPSA) is 99.5 Å². The van der Waals surface area contributed by atoms with Gasteiger partial charge in [-0.2, -0.15) is 0 Å². The molecule has 0 aliphatic rings. The number of halogens is 1. The quantitative estimate of drug-likeness (QED) is 0.166. The van der Waals surface area contributed by atoms with E-state index in [2.05, 4.69) is 9.88 Å². The summed E-state index contributed by atoms with van der Waals surface area (Å²) in [5, 5.41) is 3.53. The van der Waals surface area contributed by atoms with Crippen LogP contribution >= 0.6 is 0 Å². The van der Waals surface area contributed by atoms with E-state index in [0.717, 1.165) is 24.1 Å². The van der Waals surface area contributed by atoms with Crippen molar-refractivity contribution in [3.05, 3.63) is 113 Å². The molecule has 0 radical (unpaired) electrons. The summed E-state index contributed by atoms with van der Waals surface area (Å²) in [4.78, 5) is 25.6. The highest BCUT2D eigenvalue weighted by molar-refractivity contribution is 6.07. The lowest BCUT2D eigenvalue weighted by Crippen LogP contribution is -2.27. The third-order valence-corrected chi connectivity index (χ3v) is 6.99. The summed E-state index contributed by atoms with van der Waals surface area (Å²) in [6.45, 7) is 5.93. The van der Waals surface area contributed by atoms with E-state index in [1.807, 2.05) is 62.6 Å². The van der Waals surface area contributed by atoms with Crippen LogP contribution in [0.5, 0.6) is 5.75 Å². The third-order valence-electron chi connectivity index (χ3n) is 6.99. The first-order valence-electron chi connectivity index (χ1n) is 14.0. The summed E-state index contributed by atoms with van der Waals surface area (Å²) < 4.78 is 27.8. The minimum Gasteiger partial charge on any atom is -0.493 e. The van der Waals surface area contributed by atoms with Crippen molar-refractivity contribution in [3.8, 4) is 16.9 Å². The molecule has 5 aromatic rings. The van der Waals surface area contributed by atoms with Crippen molar-refractivity contribution in [3.63, 3.8) is 0 Å². The van der Waals surface area contributed by atoms with Crippen LogP contribution in [0.15, 0.2) is 89.6 Å². The van der Waals surface area contributed by atoms with Crippen LogP contribution in [-0.4, -0.2) is 29.5 Å². The molecular formula is C34H34FN3O4. The number of aryl methyl sites for hydroxylation is 1. The largest absolute Gasteiger partial charge is 0.493 e. The Bertz CT molecular complexity index is 1690. The van der Waals surface area contributed by atoms with E-state index in [1.165, 1.54) is 12.1 Å². The fraction of sp³-hybridized carbons (Fsp3) is 0.235. The number of aromatic nitrogens is 1. The number of nitrogens with zero attached hydrogens (tertiary/aromatic N) is 1. The second-order valence-corrected chi connectivity index (χ2v) is 10.7. The first-order chi connectivity index (χ1) is 20.3. The Balaban J connectivity index is 1.49. The minimum absolute atomic E-state index is 0.173. The summed E-state index contributed by atoms with van der Waals surface area (Å²) in [6, 6.07) is 20.9. The Kier molecular flexibility index (Phi) is 8.71. The van der Waals surface area contributed by atoms with E-state index in [0.29, 0.717) is 52.7 Å². The lowest BCUT2D eigenvalue weighted by Gasteiger charge is -2.15. The smallest absolute Gasteiger partial charge is 0.252 e. The van der Waals surface area contributed by atoms with Gasteiger partial charge in [-0.1, -0.05) is 32.0 Å². The number of fused-ring (bicyclic) bond motifs is 1. The van der Waals surface area contributed by atoms with Crippen LogP contribution in [0.3, 0.4) is 0 Å². The molecule has 216 valence electrons. The predicted octanol–water partition coefficient (Wildman–Crippen LogP) is 6.59. The van der Waals surface area contributed by atoms with Crippen LogP contribution in [0.4, 0.5) is 4.39 Å². The van der Waals surface area contributed by atoms with Gasteiger partial charge < -0.3 is 24.8 Å². The van der Waals surface area contributed by atoms with Gasteiger partial charge in [-0.15, -0.1) is 0 Å². The molecule has 8 heteroatoms. The van der Waals surface area contributed by atoms with Gasteiger partial charge in [0.2, 0.25) is 0 Å². The van der Waals surface area contributed by atoms with Crippen molar-refractivity contribution in [2.45, 2.75) is 33.2 Å². The maximum Gasteiger partial charge on any atom is 0.252 e. The molecule has 42 heavy (non-hydrogen) atoms. The molecule has 0 saturated carbocycles. The van der Waals surface area contributed by atoms with Gasteiger partial charge in [-0.05, 0) is 78.1 Å². The van der Waals surface area contributed by atoms with E-state index >= 15 is 0 Å². The van der Waals surface area contributed by atoms with E-state index in [-0.39, 0.29) is 23.7 Å². The number of carbonyl (C=O) groups is 2. The van der Waals surface area contributed by atoms with Crippen LogP contribution in [0.2, 0.25) is 0 Å². The molecule has 7 nitrogen and oxygen atoms in total. The van der Waals surface area contributed by atoms with Gasteiger partial charge >= 0.3 is 0 Å². The molecule has 0 bridgehead atoms. The number of nitrogens with two attached hydrogens (primary N) is 1. The summed E-state index contributed by atoms with van der Waals surface area (Å²) >= 11 is 0. The van der Waals surface area contributed by atoms with Crippen molar-refractivity contribution in [2.75, 3.05) is 13.2 Å². The molecule has 0 aliphatic heterocycles. The fourth-order valence-electron chi connectivity index (χ4n) is 4.87. The van der Waals surface area contributed by atoms with Crippen molar-refractivity contribution >= 4 is 22.8 Å². The second kappa shape index (κ2) is 12.8. The normalized spacial score (nSPS) is 11.2. The summed E-state index contributed by atoms with van der Waals surface area (Å²) in [7, 11) is 0. The Hall–Kier alpha value is -4.85. The zero-order chi connectivity index (χ0) is 29.6. The maximum absolute atomic E-state index is 13.4. The Morgan fingerprint density at radius 3 is 2.50 bits per heavy atom. The maximum atomic E-state index is 13.4. The molecule has 0 fully saturated rings. The molecule has 2 heterocycles. The molecule has 3 aromatic carbocycles. The highest BCUT2D eigenvalue weighted by Crippen LogP contribution is 2.36. The molecule has 0 saturated heterocycles. The molecular weight excluding hydrogens is 533 g/mol. The lowest BCUT2D eigenvalue weighted by molar-refractivity contribution is 0.0947. The fourth-order valence-corrected chi connectivity index (χ4v) is 4.87. The molecule has 0 atom stereocenters. The zero-order valence-electron chi connectivity index (χ0n) is 23.7. The molecule has 0 spiro atoms. The number of furan rings is 1. The number of hydrogen-bond acceptors (Lipinski definition) is 4. The average molecular weight is 568 g/mol. The van der Waals surface area contributed by atoms with Gasteiger partial charge in [0, 0.05) is 48.4 Å². The van der Waals surface area contributed by atoms with Crippen LogP contribution in [-0.2, 0) is 13.0 Å². The summed E-state index contributed by atoms with van der Waals surface area (Å²) in [6.07, 6.45) is 5.10. The third kappa shape index (κ3) is 6.71. The van der Waals surface area contributed by atoms with Crippen LogP contribution in [0, 0.1) is 11.7 Å². The van der Waals surface area contributed by atoms with Crippen molar-refractivity contribution in [1.82, 2.24) is 9.88 Å². The number of hydrogen-bond donors (Lipinski definition) is 2. The van der Waals surface area contributed by atoms with Gasteiger partial charge in [-0.25, -0.2) is 4.39 Å². The molecule has 3 N–H and O–H groups in total. The van der Waals surface area contributed by atoms with Gasteiger partial charge in [-0.3, -0.25) is 9.59 Å². The number of carbonyl (C=O) groups excluding carboxylic acids is 2. The highest BCUT2D eigenvalue weighted by Gasteiger charge is 2.21. The van der Waals surface area contributed by atoms with Gasteiger partial charge in [0.25, 0.3) is 11.8 Å². The highest BCUT2D eigenvalue weighted by atomic mass is 19.1. The first-order valence-corrected chi connectivity index (χ1v) is 14.0. The summed E-state index contributed by atoms with van der Waals surface area (Å²) in [5.41, 5.74) is 9.36. The van der Waals surface area contributed by atoms with Crippen molar-refractivity contribution in [1.29, 1.82) is 0 Å². The number of amides is 2.